The molecule has 5 heteroatoms. The van der Waals surface area contributed by atoms with Gasteiger partial charge < -0.3 is 0 Å². The van der Waals surface area contributed by atoms with Crippen LogP contribution in [0.1, 0.15) is 0 Å². The molecule has 0 unspecified atom stereocenters. The third kappa shape index (κ3) is 4.15. The minimum absolute atomic E-state index is 0.631. The molecule has 3 aromatic heterocycles. The van der Waals surface area contributed by atoms with E-state index < -0.39 is 0 Å². The number of hydrogen-bond donors (Lipinski definition) is 0. The topological polar surface area (TPSA) is 51.6 Å². The summed E-state index contributed by atoms with van der Waals surface area (Å²) in [4.78, 5) is 20.0. The van der Waals surface area contributed by atoms with Gasteiger partial charge in [-0.1, -0.05) is 115 Å². The average Bonchev–Trinajstić information content (AvgIpc) is 3.45. The van der Waals surface area contributed by atoms with E-state index in [1.807, 2.05) is 72.0 Å². The normalized spacial score (nSPS) is 11.4. The van der Waals surface area contributed by atoms with Crippen molar-refractivity contribution in [3.8, 4) is 45.4 Å². The molecule has 0 radical (unpaired) electrons. The van der Waals surface area contributed by atoms with E-state index in [1.165, 1.54) is 25.6 Å². The molecule has 0 aliphatic rings. The second kappa shape index (κ2) is 9.73. The number of pyridine rings is 1. The molecule has 41 heavy (non-hydrogen) atoms. The zero-order chi connectivity index (χ0) is 27.2. The third-order valence-electron chi connectivity index (χ3n) is 7.31. The number of para-hydroxylation sites is 1. The van der Waals surface area contributed by atoms with E-state index >= 15 is 0 Å². The zero-order valence-corrected chi connectivity index (χ0v) is 22.7. The Hall–Kier alpha value is -5.26. The monoisotopic (exact) mass is 542 g/mol. The second-order valence-corrected chi connectivity index (χ2v) is 11.0. The van der Waals surface area contributed by atoms with Crippen molar-refractivity contribution >= 4 is 42.4 Å². The maximum absolute atomic E-state index is 5.21. The van der Waals surface area contributed by atoms with Crippen LogP contribution < -0.4 is 0 Å². The predicted molar refractivity (Wildman–Crippen MR) is 170 cm³/mol. The van der Waals surface area contributed by atoms with Gasteiger partial charge in [-0.25, -0.2) is 19.9 Å². The summed E-state index contributed by atoms with van der Waals surface area (Å²) in [7, 11) is 0. The molecule has 0 aliphatic carbocycles. The lowest BCUT2D eigenvalue weighted by molar-refractivity contribution is 1.07. The van der Waals surface area contributed by atoms with Gasteiger partial charge in [0, 0.05) is 47.8 Å². The van der Waals surface area contributed by atoms with E-state index in [0.29, 0.717) is 17.5 Å². The summed E-state index contributed by atoms with van der Waals surface area (Å²) in [6.07, 6.45) is 0. The molecule has 0 fully saturated rings. The molecule has 0 bridgehead atoms. The largest absolute Gasteiger partial charge is 0.247 e. The first kappa shape index (κ1) is 23.6. The van der Waals surface area contributed by atoms with Gasteiger partial charge in [0.15, 0.2) is 17.5 Å². The standard InChI is InChI=1S/C36H22N4S/c1-3-12-23(13-4-1)34-38-35(24-14-5-2-6-15-24)40-36(39-34)26-17-11-16-25(22-26)32-31-28-19-8-10-21-30(28)41-33(31)27-18-7-9-20-29(27)37-32/h1-22H. The minimum Gasteiger partial charge on any atom is -0.247 e. The molecule has 0 saturated heterocycles. The fourth-order valence-electron chi connectivity index (χ4n) is 5.36. The van der Waals surface area contributed by atoms with Crippen molar-refractivity contribution in [1.29, 1.82) is 0 Å². The zero-order valence-electron chi connectivity index (χ0n) is 21.9. The highest BCUT2D eigenvalue weighted by Gasteiger charge is 2.17. The smallest absolute Gasteiger partial charge is 0.164 e. The van der Waals surface area contributed by atoms with E-state index in [1.54, 1.807) is 0 Å². The molecule has 8 aromatic rings. The highest BCUT2D eigenvalue weighted by atomic mass is 32.1. The first-order valence-corrected chi connectivity index (χ1v) is 14.3. The number of nitrogens with zero attached hydrogens (tertiary/aromatic N) is 4. The van der Waals surface area contributed by atoms with Gasteiger partial charge in [-0.05, 0) is 18.2 Å². The predicted octanol–water partition coefficient (Wildman–Crippen LogP) is 9.46. The second-order valence-electron chi connectivity index (χ2n) is 9.90. The molecule has 4 nitrogen and oxygen atoms in total. The SMILES string of the molecule is c1ccc(-c2nc(-c3ccccc3)nc(-c3cccc(-c4nc5ccccc5c5sc6ccccc6c45)c3)n2)cc1. The van der Waals surface area contributed by atoms with Gasteiger partial charge in [0.1, 0.15) is 0 Å². The lowest BCUT2D eigenvalue weighted by Gasteiger charge is -2.11. The summed E-state index contributed by atoms with van der Waals surface area (Å²) in [5.74, 6) is 1.93. The third-order valence-corrected chi connectivity index (χ3v) is 8.51. The number of aromatic nitrogens is 4. The summed E-state index contributed by atoms with van der Waals surface area (Å²) in [6, 6.07) is 45.5. The van der Waals surface area contributed by atoms with Crippen molar-refractivity contribution in [2.24, 2.45) is 0 Å². The Morgan fingerprint density at radius 2 is 0.951 bits per heavy atom. The van der Waals surface area contributed by atoms with Crippen LogP contribution in [-0.4, -0.2) is 19.9 Å². The van der Waals surface area contributed by atoms with E-state index in [2.05, 4.69) is 72.8 Å². The molecule has 3 heterocycles. The first-order valence-electron chi connectivity index (χ1n) is 13.5. The number of benzene rings is 5. The van der Waals surface area contributed by atoms with Crippen molar-refractivity contribution in [1.82, 2.24) is 19.9 Å². The fraction of sp³-hybridized carbons (Fsp3) is 0. The Morgan fingerprint density at radius 1 is 0.415 bits per heavy atom. The van der Waals surface area contributed by atoms with Gasteiger partial charge in [-0.15, -0.1) is 11.3 Å². The number of rotatable bonds is 4. The number of thiophene rings is 1. The Kier molecular flexibility index (Phi) is 5.61. The molecule has 0 spiro atoms. The van der Waals surface area contributed by atoms with Crippen LogP contribution in [0.15, 0.2) is 133 Å². The highest BCUT2D eigenvalue weighted by molar-refractivity contribution is 7.26. The molecule has 8 rings (SSSR count). The van der Waals surface area contributed by atoms with Crippen molar-refractivity contribution in [2.75, 3.05) is 0 Å². The number of hydrogen-bond acceptors (Lipinski definition) is 5. The molecule has 0 saturated carbocycles. The van der Waals surface area contributed by atoms with Crippen molar-refractivity contribution < 1.29 is 0 Å². The van der Waals surface area contributed by atoms with Gasteiger partial charge >= 0.3 is 0 Å². The lowest BCUT2D eigenvalue weighted by Crippen LogP contribution is -2.00. The van der Waals surface area contributed by atoms with Crippen LogP contribution in [0.25, 0.3) is 76.5 Å². The summed E-state index contributed by atoms with van der Waals surface area (Å²) in [6.45, 7) is 0. The van der Waals surface area contributed by atoms with Crippen molar-refractivity contribution in [3.63, 3.8) is 0 Å². The van der Waals surface area contributed by atoms with Gasteiger partial charge in [0.05, 0.1) is 11.2 Å². The fourth-order valence-corrected chi connectivity index (χ4v) is 6.60. The van der Waals surface area contributed by atoms with Crippen LogP contribution in [0.4, 0.5) is 0 Å². The Balaban J connectivity index is 1.36. The van der Waals surface area contributed by atoms with Crippen LogP contribution in [-0.2, 0) is 0 Å². The van der Waals surface area contributed by atoms with Crippen LogP contribution in [0.2, 0.25) is 0 Å². The Morgan fingerprint density at radius 3 is 1.66 bits per heavy atom. The molecule has 0 amide bonds. The maximum Gasteiger partial charge on any atom is 0.164 e. The van der Waals surface area contributed by atoms with Crippen LogP contribution in [0.3, 0.4) is 0 Å². The molecule has 0 N–H and O–H groups in total. The van der Waals surface area contributed by atoms with Gasteiger partial charge in [-0.2, -0.15) is 0 Å². The van der Waals surface area contributed by atoms with E-state index in [9.17, 15) is 0 Å². The van der Waals surface area contributed by atoms with Gasteiger partial charge in [0.25, 0.3) is 0 Å². The quantitative estimate of drug-likeness (QED) is 0.222. The highest BCUT2D eigenvalue weighted by Crippen LogP contribution is 2.43. The summed E-state index contributed by atoms with van der Waals surface area (Å²) < 4.78 is 2.52. The average molecular weight is 543 g/mol. The summed E-state index contributed by atoms with van der Waals surface area (Å²) in [5, 5.41) is 3.59. The van der Waals surface area contributed by atoms with Gasteiger partial charge in [-0.3, -0.25) is 0 Å². The van der Waals surface area contributed by atoms with Crippen LogP contribution in [0.5, 0.6) is 0 Å². The molecule has 192 valence electrons. The Bertz CT molecular complexity index is 2150. The minimum atomic E-state index is 0.631. The molecular weight excluding hydrogens is 520 g/mol. The van der Waals surface area contributed by atoms with Crippen molar-refractivity contribution in [2.45, 2.75) is 0 Å². The Labute approximate surface area is 240 Å². The molecular formula is C36H22N4S. The van der Waals surface area contributed by atoms with Crippen molar-refractivity contribution in [3.05, 3.63) is 133 Å². The van der Waals surface area contributed by atoms with E-state index in [4.69, 9.17) is 19.9 Å². The van der Waals surface area contributed by atoms with Crippen LogP contribution in [0, 0.1) is 0 Å². The lowest BCUT2D eigenvalue weighted by atomic mass is 10.0. The maximum atomic E-state index is 5.21. The number of fused-ring (bicyclic) bond motifs is 5. The van der Waals surface area contributed by atoms with E-state index in [0.717, 1.165) is 33.5 Å². The molecule has 0 atom stereocenters. The van der Waals surface area contributed by atoms with Crippen LogP contribution >= 0.6 is 11.3 Å². The summed E-state index contributed by atoms with van der Waals surface area (Å²) in [5.41, 5.74) is 5.81. The summed E-state index contributed by atoms with van der Waals surface area (Å²) >= 11 is 1.83. The molecule has 0 aliphatic heterocycles. The first-order chi connectivity index (χ1) is 20.3. The molecule has 5 aromatic carbocycles. The van der Waals surface area contributed by atoms with E-state index in [-0.39, 0.29) is 0 Å². The van der Waals surface area contributed by atoms with Gasteiger partial charge in [0.2, 0.25) is 0 Å².